The largest absolute Gasteiger partial charge is 0.147 e. The molecule has 0 heterocycles. The third-order valence-corrected chi connectivity index (χ3v) is 8.53. The van der Waals surface area contributed by atoms with Gasteiger partial charge in [0.1, 0.15) is 0 Å². The summed E-state index contributed by atoms with van der Waals surface area (Å²) >= 11 is 0. The van der Waals surface area contributed by atoms with Gasteiger partial charge in [-0.1, -0.05) is 126 Å². The van der Waals surface area contributed by atoms with Crippen molar-refractivity contribution in [3.63, 3.8) is 0 Å². The maximum atomic E-state index is 3.17. The van der Waals surface area contributed by atoms with Crippen molar-refractivity contribution >= 4 is 39.4 Å². The highest BCUT2D eigenvalue weighted by Crippen LogP contribution is 2.43. The number of halogens is 2. The van der Waals surface area contributed by atoms with E-state index in [1.807, 2.05) is 0 Å². The fourth-order valence-corrected chi connectivity index (χ4v) is 6.02. The first-order chi connectivity index (χ1) is 17.3. The van der Waals surface area contributed by atoms with Gasteiger partial charge in [-0.15, -0.1) is 34.1 Å². The van der Waals surface area contributed by atoms with E-state index in [0.29, 0.717) is 35.5 Å². The molecule has 3 heteroatoms. The maximum absolute atomic E-state index is 3.17. The first kappa shape index (κ1) is 35.7. The lowest BCUT2D eigenvalue weighted by Gasteiger charge is -2.27. The summed E-state index contributed by atoms with van der Waals surface area (Å²) in [6, 6.07) is 16.9. The fourth-order valence-electron chi connectivity index (χ4n) is 5.53. The molecule has 0 bridgehead atoms. The van der Waals surface area contributed by atoms with Crippen molar-refractivity contribution in [2.45, 2.75) is 119 Å². The molecule has 0 saturated heterocycles. The number of rotatable bonds is 8. The van der Waals surface area contributed by atoms with Gasteiger partial charge in [0.15, 0.2) is 0 Å². The molecular formula is C36H53Cl2P. The Labute approximate surface area is 255 Å². The zero-order chi connectivity index (χ0) is 27.8. The quantitative estimate of drug-likeness (QED) is 0.230. The van der Waals surface area contributed by atoms with E-state index < -0.39 is 0 Å². The van der Waals surface area contributed by atoms with Gasteiger partial charge in [-0.05, 0) is 96.4 Å². The van der Waals surface area contributed by atoms with E-state index in [1.54, 1.807) is 0 Å². The van der Waals surface area contributed by atoms with E-state index in [-0.39, 0.29) is 24.8 Å². The van der Waals surface area contributed by atoms with Gasteiger partial charge in [0.2, 0.25) is 0 Å². The summed E-state index contributed by atoms with van der Waals surface area (Å²) in [5.41, 5.74) is 14.4. The number of benzene rings is 3. The lowest BCUT2D eigenvalue weighted by molar-refractivity contribution is 0.807. The second-order valence-corrected chi connectivity index (χ2v) is 13.4. The highest BCUT2D eigenvalue weighted by Gasteiger charge is 2.24. The standard InChI is InChI=1S/C36H51P.2ClH/c1-20(2)26-16-30(22(5)6)34(31(17-26)23(7)8)28-14-13-15-29(36(28)37)35-32(24(9)10)18-27(21(3)4)19-33(35)25(11)12;;/h13-25H,37H2,1-12H3;2*1H. The van der Waals surface area contributed by atoms with Gasteiger partial charge < -0.3 is 0 Å². The Bertz CT molecular complexity index is 1100. The zero-order valence-corrected chi connectivity index (χ0v) is 29.2. The highest BCUT2D eigenvalue weighted by atomic mass is 35.5. The molecule has 0 amide bonds. The predicted octanol–water partition coefficient (Wildman–Crippen LogP) is 12.1. The average Bonchev–Trinajstić information content (AvgIpc) is 2.82. The van der Waals surface area contributed by atoms with Crippen molar-refractivity contribution < 1.29 is 0 Å². The molecule has 3 aromatic carbocycles. The molecule has 0 spiro atoms. The van der Waals surface area contributed by atoms with E-state index >= 15 is 0 Å². The molecular weight excluding hydrogens is 534 g/mol. The Morgan fingerprint density at radius 3 is 0.897 bits per heavy atom. The fraction of sp³-hybridized carbons (Fsp3) is 0.500. The van der Waals surface area contributed by atoms with Crippen LogP contribution in [0.2, 0.25) is 0 Å². The van der Waals surface area contributed by atoms with Gasteiger partial charge in [0.05, 0.1) is 0 Å². The maximum Gasteiger partial charge on any atom is -0.0100 e. The molecule has 0 radical (unpaired) electrons. The van der Waals surface area contributed by atoms with Gasteiger partial charge in [0.25, 0.3) is 0 Å². The summed E-state index contributed by atoms with van der Waals surface area (Å²) in [6.07, 6.45) is 0. The van der Waals surface area contributed by atoms with E-state index in [2.05, 4.69) is 135 Å². The van der Waals surface area contributed by atoms with Crippen LogP contribution in [-0.2, 0) is 0 Å². The van der Waals surface area contributed by atoms with Crippen LogP contribution >= 0.6 is 34.1 Å². The molecule has 0 fully saturated rings. The second kappa shape index (κ2) is 14.5. The van der Waals surface area contributed by atoms with Crippen molar-refractivity contribution in [3.8, 4) is 22.3 Å². The molecule has 3 rings (SSSR count). The third-order valence-electron chi connectivity index (χ3n) is 7.91. The topological polar surface area (TPSA) is 0 Å². The smallest absolute Gasteiger partial charge is 0.0100 e. The number of hydrogen-bond acceptors (Lipinski definition) is 0. The minimum Gasteiger partial charge on any atom is -0.147 e. The number of hydrogen-bond donors (Lipinski definition) is 0. The van der Waals surface area contributed by atoms with Crippen molar-refractivity contribution in [1.29, 1.82) is 0 Å². The van der Waals surface area contributed by atoms with Crippen LogP contribution in [0.1, 0.15) is 152 Å². The molecule has 3 aromatic rings. The molecule has 1 atom stereocenters. The summed E-state index contributed by atoms with van der Waals surface area (Å²) in [5, 5.41) is 1.32. The summed E-state index contributed by atoms with van der Waals surface area (Å²) in [6.45, 7) is 28.0. The van der Waals surface area contributed by atoms with Crippen molar-refractivity contribution in [1.82, 2.24) is 0 Å². The molecule has 0 aliphatic rings. The van der Waals surface area contributed by atoms with Gasteiger partial charge in [-0.2, -0.15) is 0 Å². The Hall–Kier alpha value is -1.33. The molecule has 0 nitrogen and oxygen atoms in total. The minimum absolute atomic E-state index is 0. The lowest BCUT2D eigenvalue weighted by atomic mass is 9.79. The molecule has 0 aliphatic carbocycles. The van der Waals surface area contributed by atoms with E-state index in [9.17, 15) is 0 Å². The van der Waals surface area contributed by atoms with Crippen LogP contribution in [0.15, 0.2) is 42.5 Å². The Morgan fingerprint density at radius 1 is 0.436 bits per heavy atom. The minimum atomic E-state index is 0. The molecule has 0 aliphatic heterocycles. The highest BCUT2D eigenvalue weighted by molar-refractivity contribution is 7.28. The summed E-state index contributed by atoms with van der Waals surface area (Å²) in [5.74, 6) is 2.88. The third kappa shape index (κ3) is 7.50. The molecule has 1 unspecified atom stereocenters. The van der Waals surface area contributed by atoms with Crippen molar-refractivity contribution in [3.05, 3.63) is 75.8 Å². The summed E-state index contributed by atoms with van der Waals surface area (Å²) in [4.78, 5) is 0. The summed E-state index contributed by atoms with van der Waals surface area (Å²) < 4.78 is 0. The van der Waals surface area contributed by atoms with E-state index in [0.717, 1.165) is 0 Å². The zero-order valence-electron chi connectivity index (χ0n) is 26.4. The van der Waals surface area contributed by atoms with Crippen LogP contribution in [0.4, 0.5) is 0 Å². The summed E-state index contributed by atoms with van der Waals surface area (Å²) in [7, 11) is 3.17. The molecule has 0 aromatic heterocycles. The Morgan fingerprint density at radius 2 is 0.692 bits per heavy atom. The van der Waals surface area contributed by atoms with Gasteiger partial charge in [-0.3, -0.25) is 0 Å². The van der Waals surface area contributed by atoms with E-state index in [1.165, 1.54) is 60.9 Å². The molecule has 0 N–H and O–H groups in total. The van der Waals surface area contributed by atoms with Gasteiger partial charge in [0, 0.05) is 0 Å². The van der Waals surface area contributed by atoms with Crippen LogP contribution in [0.3, 0.4) is 0 Å². The van der Waals surface area contributed by atoms with Crippen LogP contribution in [0, 0.1) is 0 Å². The van der Waals surface area contributed by atoms with Crippen molar-refractivity contribution in [2.75, 3.05) is 0 Å². The van der Waals surface area contributed by atoms with Crippen LogP contribution in [0.5, 0.6) is 0 Å². The molecule has 39 heavy (non-hydrogen) atoms. The van der Waals surface area contributed by atoms with Crippen LogP contribution in [0.25, 0.3) is 22.3 Å². The van der Waals surface area contributed by atoms with Gasteiger partial charge in [-0.25, -0.2) is 0 Å². The van der Waals surface area contributed by atoms with Gasteiger partial charge >= 0.3 is 0 Å². The first-order valence-corrected chi connectivity index (χ1v) is 15.1. The average molecular weight is 588 g/mol. The molecule has 216 valence electrons. The Balaban J connectivity index is 0.00000380. The van der Waals surface area contributed by atoms with Crippen LogP contribution in [-0.4, -0.2) is 0 Å². The normalized spacial score (nSPS) is 11.7. The Kier molecular flexibility index (Phi) is 13.3. The second-order valence-electron chi connectivity index (χ2n) is 12.8. The van der Waals surface area contributed by atoms with E-state index in [4.69, 9.17) is 0 Å². The monoisotopic (exact) mass is 586 g/mol. The first-order valence-electron chi connectivity index (χ1n) is 14.5. The molecule has 0 saturated carbocycles. The lowest BCUT2D eigenvalue weighted by Crippen LogP contribution is -2.11. The van der Waals surface area contributed by atoms with Crippen LogP contribution < -0.4 is 5.30 Å². The SMILES string of the molecule is CC(C)c1cc(C(C)C)c(-c2cccc(-c3c(C(C)C)cc(C(C)C)cc3C(C)C)c2P)c(C(C)C)c1.Cl.Cl. The van der Waals surface area contributed by atoms with Crippen molar-refractivity contribution in [2.24, 2.45) is 0 Å². The predicted molar refractivity (Wildman–Crippen MR) is 186 cm³/mol.